The number of para-hydroxylation sites is 1. The van der Waals surface area contributed by atoms with E-state index in [9.17, 15) is 14.4 Å². The molecule has 0 saturated carbocycles. The molecule has 0 radical (unpaired) electrons. The fraction of sp³-hybridized carbons (Fsp3) is 0.321. The van der Waals surface area contributed by atoms with Crippen molar-refractivity contribution < 1.29 is 19.2 Å². The minimum Gasteiger partial charge on any atom is -0.300 e. The molecule has 3 aromatic rings. The molecule has 0 fully saturated rings. The first-order valence-corrected chi connectivity index (χ1v) is 12.0. The standard InChI is InChI=1S/C28H27N3O4/c1-3-4-16-28(30-23-15-9-6-12-20(23)19-24(30)27(34)31(28)35-2)17-10-5-11-18-29-25(32)21-13-7-8-14-22(21)26(29)33/h6-9,12-15,19H,3-5,11,16,18H2,1-2H3. The van der Waals surface area contributed by atoms with E-state index in [-0.39, 0.29) is 17.7 Å². The van der Waals surface area contributed by atoms with Crippen molar-refractivity contribution in [2.24, 2.45) is 0 Å². The molecule has 178 valence electrons. The number of amides is 3. The van der Waals surface area contributed by atoms with Crippen LogP contribution in [0.25, 0.3) is 10.9 Å². The first-order chi connectivity index (χ1) is 17.0. The Kier molecular flexibility index (Phi) is 5.91. The number of rotatable bonds is 7. The number of imide groups is 1. The van der Waals surface area contributed by atoms with Gasteiger partial charge >= 0.3 is 0 Å². The summed E-state index contributed by atoms with van der Waals surface area (Å²) in [6.07, 6.45) is 3.45. The van der Waals surface area contributed by atoms with Crippen molar-refractivity contribution in [1.82, 2.24) is 14.5 Å². The first-order valence-electron chi connectivity index (χ1n) is 12.0. The van der Waals surface area contributed by atoms with Crippen LogP contribution < -0.4 is 0 Å². The molecule has 3 amide bonds. The van der Waals surface area contributed by atoms with Crippen molar-refractivity contribution in [3.8, 4) is 11.8 Å². The Hall–Kier alpha value is -3.89. The summed E-state index contributed by atoms with van der Waals surface area (Å²) in [5.74, 6) is 5.88. The van der Waals surface area contributed by atoms with Gasteiger partial charge in [-0.05, 0) is 43.0 Å². The fourth-order valence-electron chi connectivity index (χ4n) is 5.09. The second-order valence-corrected chi connectivity index (χ2v) is 8.84. The van der Waals surface area contributed by atoms with Gasteiger partial charge in [-0.15, -0.1) is 0 Å². The largest absolute Gasteiger partial charge is 0.300 e. The van der Waals surface area contributed by atoms with E-state index in [1.54, 1.807) is 24.3 Å². The van der Waals surface area contributed by atoms with Crippen molar-refractivity contribution in [2.45, 2.75) is 44.7 Å². The number of unbranched alkanes of at least 4 members (excludes halogenated alkanes) is 2. The van der Waals surface area contributed by atoms with Crippen LogP contribution in [0.1, 0.15) is 70.2 Å². The Morgan fingerprint density at radius 1 is 0.914 bits per heavy atom. The molecular weight excluding hydrogens is 442 g/mol. The highest BCUT2D eigenvalue weighted by molar-refractivity contribution is 6.21. The molecule has 0 spiro atoms. The zero-order valence-electron chi connectivity index (χ0n) is 19.9. The number of hydrogen-bond acceptors (Lipinski definition) is 4. The maximum Gasteiger partial charge on any atom is 0.297 e. The Labute approximate surface area is 204 Å². The van der Waals surface area contributed by atoms with E-state index in [4.69, 9.17) is 4.84 Å². The highest BCUT2D eigenvalue weighted by atomic mass is 16.7. The lowest BCUT2D eigenvalue weighted by atomic mass is 10.0. The maximum absolute atomic E-state index is 13.2. The third-order valence-corrected chi connectivity index (χ3v) is 6.73. The van der Waals surface area contributed by atoms with Crippen molar-refractivity contribution in [1.29, 1.82) is 0 Å². The molecule has 1 unspecified atom stereocenters. The Morgan fingerprint density at radius 2 is 1.60 bits per heavy atom. The average molecular weight is 470 g/mol. The summed E-state index contributed by atoms with van der Waals surface area (Å²) in [6, 6.07) is 16.7. The molecule has 7 nitrogen and oxygen atoms in total. The van der Waals surface area contributed by atoms with Crippen LogP contribution >= 0.6 is 0 Å². The van der Waals surface area contributed by atoms with E-state index < -0.39 is 5.66 Å². The molecule has 0 bridgehead atoms. The molecule has 3 heterocycles. The summed E-state index contributed by atoms with van der Waals surface area (Å²) < 4.78 is 2.00. The lowest BCUT2D eigenvalue weighted by molar-refractivity contribution is -0.160. The van der Waals surface area contributed by atoms with Crippen LogP contribution in [-0.4, -0.2) is 45.9 Å². The molecule has 1 aromatic heterocycles. The second kappa shape index (κ2) is 9.05. The monoisotopic (exact) mass is 469 g/mol. The van der Waals surface area contributed by atoms with Crippen LogP contribution in [0.5, 0.6) is 0 Å². The van der Waals surface area contributed by atoms with Gasteiger partial charge in [0.15, 0.2) is 0 Å². The second-order valence-electron chi connectivity index (χ2n) is 8.84. The number of hydrogen-bond donors (Lipinski definition) is 0. The van der Waals surface area contributed by atoms with E-state index in [2.05, 4.69) is 18.8 Å². The molecule has 0 N–H and O–H groups in total. The summed E-state index contributed by atoms with van der Waals surface area (Å²) in [7, 11) is 1.50. The molecule has 0 saturated heterocycles. The van der Waals surface area contributed by atoms with Crippen LogP contribution in [0, 0.1) is 11.8 Å². The molecule has 7 heteroatoms. The molecule has 2 aromatic carbocycles. The summed E-state index contributed by atoms with van der Waals surface area (Å²) in [6.45, 7) is 2.40. The smallest absolute Gasteiger partial charge is 0.297 e. The fourth-order valence-corrected chi connectivity index (χ4v) is 5.09. The zero-order chi connectivity index (χ0) is 24.6. The third kappa shape index (κ3) is 3.53. The van der Waals surface area contributed by atoms with Crippen LogP contribution in [-0.2, 0) is 10.5 Å². The van der Waals surface area contributed by atoms with Gasteiger partial charge in [0, 0.05) is 24.8 Å². The predicted molar refractivity (Wildman–Crippen MR) is 131 cm³/mol. The van der Waals surface area contributed by atoms with Crippen molar-refractivity contribution in [2.75, 3.05) is 13.7 Å². The topological polar surface area (TPSA) is 71.9 Å². The molecule has 5 rings (SSSR count). The summed E-state index contributed by atoms with van der Waals surface area (Å²) in [4.78, 5) is 45.3. The van der Waals surface area contributed by atoms with E-state index in [1.807, 2.05) is 34.9 Å². The van der Waals surface area contributed by atoms with Gasteiger partial charge in [0.05, 0.1) is 23.8 Å². The van der Waals surface area contributed by atoms with Gasteiger partial charge in [-0.25, -0.2) is 0 Å². The van der Waals surface area contributed by atoms with Gasteiger partial charge < -0.3 is 0 Å². The SMILES string of the molecule is CCCCC1(C#CCCCN2C(=O)c3ccccc3C2=O)N(OC)C(=O)c2cc3ccccc3n21. The number of aromatic nitrogens is 1. The highest BCUT2D eigenvalue weighted by Crippen LogP contribution is 2.41. The van der Waals surface area contributed by atoms with Gasteiger partial charge in [0.1, 0.15) is 5.69 Å². The molecule has 1 atom stereocenters. The maximum atomic E-state index is 13.2. The molecule has 35 heavy (non-hydrogen) atoms. The van der Waals surface area contributed by atoms with E-state index in [0.717, 1.165) is 23.7 Å². The van der Waals surface area contributed by atoms with Crippen LogP contribution in [0.15, 0.2) is 54.6 Å². The van der Waals surface area contributed by atoms with Gasteiger partial charge in [-0.1, -0.05) is 49.6 Å². The normalized spacial score (nSPS) is 18.7. The van der Waals surface area contributed by atoms with E-state index >= 15 is 0 Å². The van der Waals surface area contributed by atoms with Crippen molar-refractivity contribution in [3.05, 3.63) is 71.4 Å². The summed E-state index contributed by atoms with van der Waals surface area (Å²) >= 11 is 0. The van der Waals surface area contributed by atoms with E-state index in [0.29, 0.717) is 42.6 Å². The van der Waals surface area contributed by atoms with Crippen LogP contribution in [0.3, 0.4) is 0 Å². The Bertz CT molecular complexity index is 1360. The molecule has 2 aliphatic heterocycles. The molecule has 2 aliphatic rings. The molecular formula is C28H27N3O4. The summed E-state index contributed by atoms with van der Waals surface area (Å²) in [5, 5.41) is 2.38. The lowest BCUT2D eigenvalue weighted by Gasteiger charge is -2.34. The number of benzene rings is 2. The van der Waals surface area contributed by atoms with Gasteiger partial charge in [-0.3, -0.25) is 28.7 Å². The lowest BCUT2D eigenvalue weighted by Crippen LogP contribution is -2.45. The quantitative estimate of drug-likeness (QED) is 0.288. The minimum atomic E-state index is -0.949. The number of carbonyl (C=O) groups is 3. The molecule has 0 aliphatic carbocycles. The van der Waals surface area contributed by atoms with Crippen LogP contribution in [0.4, 0.5) is 0 Å². The van der Waals surface area contributed by atoms with E-state index in [1.165, 1.54) is 17.1 Å². The van der Waals surface area contributed by atoms with Gasteiger partial charge in [-0.2, -0.15) is 5.06 Å². The number of fused-ring (bicyclic) bond motifs is 4. The number of hydroxylamine groups is 2. The van der Waals surface area contributed by atoms with Crippen LogP contribution in [0.2, 0.25) is 0 Å². The zero-order valence-corrected chi connectivity index (χ0v) is 19.9. The minimum absolute atomic E-state index is 0.208. The third-order valence-electron chi connectivity index (χ3n) is 6.73. The predicted octanol–water partition coefficient (Wildman–Crippen LogP) is 4.58. The Balaban J connectivity index is 1.40. The number of nitrogens with zero attached hydrogens (tertiary/aromatic N) is 3. The van der Waals surface area contributed by atoms with Crippen molar-refractivity contribution in [3.63, 3.8) is 0 Å². The van der Waals surface area contributed by atoms with Gasteiger partial charge in [0.25, 0.3) is 17.7 Å². The first kappa shape index (κ1) is 22.9. The number of carbonyl (C=O) groups excluding carboxylic acids is 3. The highest BCUT2D eigenvalue weighted by Gasteiger charge is 2.50. The van der Waals surface area contributed by atoms with Crippen molar-refractivity contribution >= 4 is 28.6 Å². The summed E-state index contributed by atoms with van der Waals surface area (Å²) in [5.41, 5.74) is 1.45. The average Bonchev–Trinajstić information content (AvgIpc) is 3.46. The Morgan fingerprint density at radius 3 is 2.29 bits per heavy atom. The van der Waals surface area contributed by atoms with Gasteiger partial charge in [0.2, 0.25) is 5.66 Å².